The van der Waals surface area contributed by atoms with Crippen LogP contribution < -0.4 is 14.9 Å². The molecule has 0 saturated heterocycles. The Morgan fingerprint density at radius 2 is 1.77 bits per heavy atom. The zero-order valence-corrected chi connectivity index (χ0v) is 20.0. The van der Waals surface area contributed by atoms with Crippen molar-refractivity contribution >= 4 is 34.5 Å². The van der Waals surface area contributed by atoms with Gasteiger partial charge in [0.2, 0.25) is 0 Å². The number of rotatable bonds is 9. The molecule has 4 aromatic carbocycles. The number of benzene rings is 4. The highest BCUT2D eigenvalue weighted by Gasteiger charge is 2.10. The number of fused-ring (bicyclic) bond motifs is 1. The maximum Gasteiger partial charge on any atom is 0.271 e. The lowest BCUT2D eigenvalue weighted by molar-refractivity contribution is 0.0955. The molecule has 35 heavy (non-hydrogen) atoms. The summed E-state index contributed by atoms with van der Waals surface area (Å²) in [6.07, 6.45) is 1.58. The van der Waals surface area contributed by atoms with Crippen LogP contribution in [0.4, 0.5) is 0 Å². The van der Waals surface area contributed by atoms with E-state index in [1.807, 2.05) is 67.6 Å². The van der Waals surface area contributed by atoms with Gasteiger partial charge in [-0.1, -0.05) is 60.1 Å². The topological polar surface area (TPSA) is 80.2 Å². The summed E-state index contributed by atoms with van der Waals surface area (Å²) in [5.41, 5.74) is 5.53. The molecule has 0 spiro atoms. The number of hydrazone groups is 1. The summed E-state index contributed by atoms with van der Waals surface area (Å²) in [5.74, 6) is 0.899. The third kappa shape index (κ3) is 5.98. The van der Waals surface area contributed by atoms with Gasteiger partial charge in [-0.05, 0) is 59.2 Å². The average molecular weight is 489 g/mol. The Kier molecular flexibility index (Phi) is 7.98. The fourth-order valence-electron chi connectivity index (χ4n) is 3.63. The molecule has 2 N–H and O–H groups in total. The van der Waals surface area contributed by atoms with Crippen molar-refractivity contribution in [3.63, 3.8) is 0 Å². The van der Waals surface area contributed by atoms with E-state index in [0.29, 0.717) is 29.5 Å². The van der Waals surface area contributed by atoms with E-state index in [1.54, 1.807) is 24.4 Å². The molecule has 0 aromatic heterocycles. The van der Waals surface area contributed by atoms with Gasteiger partial charge < -0.3 is 14.6 Å². The number of nitrogens with zero attached hydrogens (tertiary/aromatic N) is 1. The summed E-state index contributed by atoms with van der Waals surface area (Å²) in [5, 5.41) is 15.9. The highest BCUT2D eigenvalue weighted by molar-refractivity contribution is 6.32. The summed E-state index contributed by atoms with van der Waals surface area (Å²) in [6.45, 7) is 2.85. The van der Waals surface area contributed by atoms with Crippen LogP contribution in [-0.4, -0.2) is 23.8 Å². The molecule has 0 heterocycles. The second kappa shape index (κ2) is 11.5. The van der Waals surface area contributed by atoms with Gasteiger partial charge in [-0.15, -0.1) is 0 Å². The van der Waals surface area contributed by atoms with Gasteiger partial charge in [-0.3, -0.25) is 4.79 Å². The van der Waals surface area contributed by atoms with Crippen LogP contribution in [0.2, 0.25) is 5.02 Å². The van der Waals surface area contributed by atoms with Crippen molar-refractivity contribution in [2.75, 3.05) is 6.61 Å². The normalized spacial score (nSPS) is 11.1. The van der Waals surface area contributed by atoms with Crippen molar-refractivity contribution in [3.05, 3.63) is 106 Å². The molecule has 6 nitrogen and oxygen atoms in total. The SMILES string of the molecule is CCOc1ccc(COc2ccc(C(=O)NN=Cc3ccc(CO)c4ccccc34)cc2Cl)cc1. The molecule has 0 atom stereocenters. The molecule has 4 rings (SSSR count). The molecule has 0 bridgehead atoms. The van der Waals surface area contributed by atoms with Crippen molar-refractivity contribution < 1.29 is 19.4 Å². The standard InChI is InChI=1S/C28H25ClN2O4/c1-2-34-23-12-7-19(8-13-23)18-35-27-14-11-20(15-26(27)29)28(33)31-30-16-21-9-10-22(17-32)25-6-4-3-5-24(21)25/h3-16,32H,2,17-18H2,1H3,(H,31,33). The molecule has 0 fully saturated rings. The van der Waals surface area contributed by atoms with Crippen molar-refractivity contribution in [3.8, 4) is 11.5 Å². The first kappa shape index (κ1) is 24.3. The fourth-order valence-corrected chi connectivity index (χ4v) is 3.86. The van der Waals surface area contributed by atoms with E-state index >= 15 is 0 Å². The Morgan fingerprint density at radius 3 is 2.49 bits per heavy atom. The van der Waals surface area contributed by atoms with Crippen LogP contribution in [0.1, 0.15) is 34.0 Å². The lowest BCUT2D eigenvalue weighted by atomic mass is 10.0. The summed E-state index contributed by atoms with van der Waals surface area (Å²) in [7, 11) is 0. The van der Waals surface area contributed by atoms with Gasteiger partial charge in [-0.25, -0.2) is 5.43 Å². The molecule has 0 aliphatic rings. The van der Waals surface area contributed by atoms with E-state index in [1.165, 1.54) is 0 Å². The smallest absolute Gasteiger partial charge is 0.271 e. The Bertz CT molecular complexity index is 1350. The molecule has 0 aliphatic heterocycles. The number of halogens is 1. The first-order chi connectivity index (χ1) is 17.1. The van der Waals surface area contributed by atoms with Crippen LogP contribution >= 0.6 is 11.6 Å². The number of carbonyl (C=O) groups is 1. The Hall–Kier alpha value is -3.87. The number of amides is 1. The molecule has 0 unspecified atom stereocenters. The van der Waals surface area contributed by atoms with Gasteiger partial charge in [-0.2, -0.15) is 5.10 Å². The number of aliphatic hydroxyl groups is 1. The van der Waals surface area contributed by atoms with E-state index in [0.717, 1.165) is 33.2 Å². The second-order valence-corrected chi connectivity index (χ2v) is 8.13. The summed E-state index contributed by atoms with van der Waals surface area (Å²) in [6, 6.07) is 23.9. The molecule has 0 saturated carbocycles. The van der Waals surface area contributed by atoms with Crippen LogP contribution in [0.5, 0.6) is 11.5 Å². The van der Waals surface area contributed by atoms with Crippen molar-refractivity contribution in [1.29, 1.82) is 0 Å². The maximum atomic E-state index is 12.6. The lowest BCUT2D eigenvalue weighted by Gasteiger charge is -2.10. The van der Waals surface area contributed by atoms with Crippen molar-refractivity contribution in [1.82, 2.24) is 5.43 Å². The third-order valence-corrected chi connectivity index (χ3v) is 5.71. The molecule has 178 valence electrons. The zero-order chi connectivity index (χ0) is 24.6. The first-order valence-corrected chi connectivity index (χ1v) is 11.6. The minimum absolute atomic E-state index is 0.0463. The number of aliphatic hydroxyl groups excluding tert-OH is 1. The van der Waals surface area contributed by atoms with Crippen molar-refractivity contribution in [2.45, 2.75) is 20.1 Å². The Balaban J connectivity index is 1.38. The Morgan fingerprint density at radius 1 is 1.00 bits per heavy atom. The largest absolute Gasteiger partial charge is 0.494 e. The van der Waals surface area contributed by atoms with Gasteiger partial charge >= 0.3 is 0 Å². The Labute approximate surface area is 208 Å². The highest BCUT2D eigenvalue weighted by atomic mass is 35.5. The number of hydrogen-bond acceptors (Lipinski definition) is 5. The average Bonchev–Trinajstić information content (AvgIpc) is 2.89. The zero-order valence-electron chi connectivity index (χ0n) is 19.2. The number of carbonyl (C=O) groups excluding carboxylic acids is 1. The second-order valence-electron chi connectivity index (χ2n) is 7.73. The number of hydrogen-bond donors (Lipinski definition) is 2. The quantitative estimate of drug-likeness (QED) is 0.233. The van der Waals surface area contributed by atoms with Crippen LogP contribution in [0.15, 0.2) is 84.0 Å². The van der Waals surface area contributed by atoms with E-state index in [2.05, 4.69) is 10.5 Å². The molecular weight excluding hydrogens is 464 g/mol. The van der Waals surface area contributed by atoms with E-state index in [-0.39, 0.29) is 6.61 Å². The summed E-state index contributed by atoms with van der Waals surface area (Å²) < 4.78 is 11.2. The van der Waals surface area contributed by atoms with Gasteiger partial charge in [0.15, 0.2) is 0 Å². The predicted octanol–water partition coefficient (Wildman–Crippen LogP) is 5.73. The van der Waals surface area contributed by atoms with Gasteiger partial charge in [0.05, 0.1) is 24.5 Å². The number of ether oxygens (including phenoxy) is 2. The van der Waals surface area contributed by atoms with Gasteiger partial charge in [0.1, 0.15) is 18.1 Å². The third-order valence-electron chi connectivity index (χ3n) is 5.41. The van der Waals surface area contributed by atoms with Crippen molar-refractivity contribution in [2.24, 2.45) is 5.10 Å². The summed E-state index contributed by atoms with van der Waals surface area (Å²) >= 11 is 6.35. The first-order valence-electron chi connectivity index (χ1n) is 11.2. The molecule has 7 heteroatoms. The van der Waals surface area contributed by atoms with Crippen LogP contribution in [0.25, 0.3) is 10.8 Å². The molecular formula is C28H25ClN2O4. The van der Waals surface area contributed by atoms with Crippen LogP contribution in [0.3, 0.4) is 0 Å². The molecule has 0 radical (unpaired) electrons. The molecule has 4 aromatic rings. The minimum Gasteiger partial charge on any atom is -0.494 e. The van der Waals surface area contributed by atoms with Gasteiger partial charge in [0.25, 0.3) is 5.91 Å². The van der Waals surface area contributed by atoms with Crippen LogP contribution in [0, 0.1) is 0 Å². The van der Waals surface area contributed by atoms with Gasteiger partial charge in [0, 0.05) is 11.1 Å². The highest BCUT2D eigenvalue weighted by Crippen LogP contribution is 2.27. The number of nitrogens with one attached hydrogen (secondary N) is 1. The summed E-state index contributed by atoms with van der Waals surface area (Å²) in [4.78, 5) is 12.6. The van der Waals surface area contributed by atoms with E-state index < -0.39 is 5.91 Å². The minimum atomic E-state index is -0.391. The predicted molar refractivity (Wildman–Crippen MR) is 138 cm³/mol. The maximum absolute atomic E-state index is 12.6. The monoisotopic (exact) mass is 488 g/mol. The lowest BCUT2D eigenvalue weighted by Crippen LogP contribution is -2.17. The fraction of sp³-hybridized carbons (Fsp3) is 0.143. The van der Waals surface area contributed by atoms with E-state index in [4.69, 9.17) is 21.1 Å². The molecule has 1 amide bonds. The van der Waals surface area contributed by atoms with Crippen LogP contribution in [-0.2, 0) is 13.2 Å². The molecule has 0 aliphatic carbocycles. The van der Waals surface area contributed by atoms with E-state index in [9.17, 15) is 9.90 Å².